The Morgan fingerprint density at radius 2 is 1.64 bits per heavy atom. The zero-order valence-corrected chi connectivity index (χ0v) is 16.4. The van der Waals surface area contributed by atoms with Gasteiger partial charge in [-0.05, 0) is 12.8 Å². The number of methoxy groups -OCH3 is 3. The average Bonchev–Trinajstić information content (AvgIpc) is 2.73. The number of benzene rings is 1. The third-order valence-corrected chi connectivity index (χ3v) is 4.78. The first kappa shape index (κ1) is 19.7. The van der Waals surface area contributed by atoms with Crippen molar-refractivity contribution in [2.45, 2.75) is 38.1 Å². The molecule has 1 saturated carbocycles. The lowest BCUT2D eigenvalue weighted by Gasteiger charge is -2.23. The van der Waals surface area contributed by atoms with Gasteiger partial charge in [0.2, 0.25) is 5.75 Å². The van der Waals surface area contributed by atoms with Crippen molar-refractivity contribution >= 4 is 17.4 Å². The molecule has 0 saturated heterocycles. The van der Waals surface area contributed by atoms with E-state index in [9.17, 15) is 4.79 Å². The molecule has 1 aromatic heterocycles. The molecule has 1 aromatic carbocycles. The standard InChI is InChI=1S/C20H26N4O4/c1-26-16-9-14(10-17(27-2)19(16)28-3)24-20(25)15-11-18(22-12-21-15)23-13-7-5-4-6-8-13/h9-13H,4-8H2,1-3H3,(H,24,25)(H,21,22,23). The van der Waals surface area contributed by atoms with E-state index in [1.165, 1.54) is 46.9 Å². The van der Waals surface area contributed by atoms with Crippen LogP contribution in [0.1, 0.15) is 42.6 Å². The Labute approximate surface area is 164 Å². The Bertz CT molecular complexity index is 797. The fourth-order valence-electron chi connectivity index (χ4n) is 3.36. The lowest BCUT2D eigenvalue weighted by atomic mass is 9.95. The molecule has 0 spiro atoms. The highest BCUT2D eigenvalue weighted by atomic mass is 16.5. The predicted octanol–water partition coefficient (Wildman–Crippen LogP) is 3.50. The van der Waals surface area contributed by atoms with Gasteiger partial charge in [-0.2, -0.15) is 0 Å². The second-order valence-electron chi connectivity index (χ2n) is 6.64. The number of carbonyl (C=O) groups excluding carboxylic acids is 1. The largest absolute Gasteiger partial charge is 0.493 e. The second kappa shape index (κ2) is 9.25. The molecule has 1 amide bonds. The van der Waals surface area contributed by atoms with Gasteiger partial charge in [0, 0.05) is 29.9 Å². The fourth-order valence-corrected chi connectivity index (χ4v) is 3.36. The van der Waals surface area contributed by atoms with Crippen molar-refractivity contribution in [2.75, 3.05) is 32.0 Å². The van der Waals surface area contributed by atoms with E-state index in [1.54, 1.807) is 18.2 Å². The first-order chi connectivity index (χ1) is 13.6. The van der Waals surface area contributed by atoms with E-state index in [-0.39, 0.29) is 11.6 Å². The molecule has 28 heavy (non-hydrogen) atoms. The van der Waals surface area contributed by atoms with Crippen LogP contribution >= 0.6 is 0 Å². The van der Waals surface area contributed by atoms with Crippen LogP contribution < -0.4 is 24.8 Å². The third kappa shape index (κ3) is 4.62. The summed E-state index contributed by atoms with van der Waals surface area (Å²) in [5.41, 5.74) is 0.793. The minimum atomic E-state index is -0.344. The highest BCUT2D eigenvalue weighted by Crippen LogP contribution is 2.40. The maximum atomic E-state index is 12.7. The Balaban J connectivity index is 1.75. The molecule has 2 N–H and O–H groups in total. The fraction of sp³-hybridized carbons (Fsp3) is 0.450. The molecule has 3 rings (SSSR count). The van der Waals surface area contributed by atoms with Gasteiger partial charge in [-0.3, -0.25) is 4.79 Å². The van der Waals surface area contributed by atoms with Crippen LogP contribution in [0.15, 0.2) is 24.5 Å². The molecular weight excluding hydrogens is 360 g/mol. The molecule has 0 aliphatic heterocycles. The average molecular weight is 386 g/mol. The van der Waals surface area contributed by atoms with Crippen LogP contribution in [-0.4, -0.2) is 43.2 Å². The molecule has 1 aliphatic carbocycles. The van der Waals surface area contributed by atoms with E-state index in [0.29, 0.717) is 34.8 Å². The minimum Gasteiger partial charge on any atom is -0.493 e. The SMILES string of the molecule is COc1cc(NC(=O)c2cc(NC3CCCCC3)ncn2)cc(OC)c1OC. The van der Waals surface area contributed by atoms with Gasteiger partial charge in [0.15, 0.2) is 11.5 Å². The van der Waals surface area contributed by atoms with Gasteiger partial charge < -0.3 is 24.8 Å². The summed E-state index contributed by atoms with van der Waals surface area (Å²) in [6, 6.07) is 5.40. The molecule has 1 fully saturated rings. The molecule has 0 radical (unpaired) electrons. The number of rotatable bonds is 7. The number of nitrogens with zero attached hydrogens (tertiary/aromatic N) is 2. The van der Waals surface area contributed by atoms with Crippen LogP contribution in [-0.2, 0) is 0 Å². The molecule has 0 atom stereocenters. The van der Waals surface area contributed by atoms with Gasteiger partial charge in [-0.25, -0.2) is 9.97 Å². The molecule has 1 aliphatic rings. The summed E-state index contributed by atoms with van der Waals surface area (Å²) < 4.78 is 15.9. The number of hydrogen-bond acceptors (Lipinski definition) is 7. The Morgan fingerprint density at radius 3 is 2.25 bits per heavy atom. The Kier molecular flexibility index (Phi) is 6.52. The zero-order chi connectivity index (χ0) is 19.9. The smallest absolute Gasteiger partial charge is 0.274 e. The number of anilines is 2. The van der Waals surface area contributed by atoms with Crippen molar-refractivity contribution in [1.82, 2.24) is 9.97 Å². The molecule has 0 unspecified atom stereocenters. The molecule has 2 aromatic rings. The molecule has 8 heteroatoms. The minimum absolute atomic E-state index is 0.280. The molecule has 0 bridgehead atoms. The van der Waals surface area contributed by atoms with Crippen LogP contribution in [0.4, 0.5) is 11.5 Å². The number of nitrogens with one attached hydrogen (secondary N) is 2. The van der Waals surface area contributed by atoms with Crippen LogP contribution in [0.25, 0.3) is 0 Å². The summed E-state index contributed by atoms with van der Waals surface area (Å²) in [5.74, 6) is 1.70. The second-order valence-corrected chi connectivity index (χ2v) is 6.64. The van der Waals surface area contributed by atoms with Crippen molar-refractivity contribution in [2.24, 2.45) is 0 Å². The highest BCUT2D eigenvalue weighted by molar-refractivity contribution is 6.03. The molecule has 1 heterocycles. The maximum absolute atomic E-state index is 12.7. The Morgan fingerprint density at radius 1 is 0.964 bits per heavy atom. The number of ether oxygens (including phenoxy) is 3. The van der Waals surface area contributed by atoms with Crippen LogP contribution in [0.2, 0.25) is 0 Å². The molecule has 8 nitrogen and oxygen atoms in total. The number of hydrogen-bond donors (Lipinski definition) is 2. The van der Waals surface area contributed by atoms with Crippen LogP contribution in [0.3, 0.4) is 0 Å². The maximum Gasteiger partial charge on any atom is 0.274 e. The van der Waals surface area contributed by atoms with Crippen molar-refractivity contribution in [3.63, 3.8) is 0 Å². The molecule has 150 valence electrons. The van der Waals surface area contributed by atoms with Gasteiger partial charge in [-0.1, -0.05) is 19.3 Å². The number of carbonyl (C=O) groups is 1. The van der Waals surface area contributed by atoms with Crippen molar-refractivity contribution in [3.8, 4) is 17.2 Å². The van der Waals surface area contributed by atoms with E-state index in [4.69, 9.17) is 14.2 Å². The summed E-state index contributed by atoms with van der Waals surface area (Å²) in [6.45, 7) is 0. The molecular formula is C20H26N4O4. The first-order valence-corrected chi connectivity index (χ1v) is 9.34. The van der Waals surface area contributed by atoms with E-state index in [0.717, 1.165) is 12.8 Å². The van der Waals surface area contributed by atoms with E-state index >= 15 is 0 Å². The Hall–Kier alpha value is -3.03. The summed E-state index contributed by atoms with van der Waals surface area (Å²) in [6.07, 6.45) is 7.36. The summed E-state index contributed by atoms with van der Waals surface area (Å²) >= 11 is 0. The quantitative estimate of drug-likeness (QED) is 0.752. The predicted molar refractivity (Wildman–Crippen MR) is 107 cm³/mol. The van der Waals surface area contributed by atoms with Crippen molar-refractivity contribution in [3.05, 3.63) is 30.2 Å². The van der Waals surface area contributed by atoms with E-state index < -0.39 is 0 Å². The monoisotopic (exact) mass is 386 g/mol. The summed E-state index contributed by atoms with van der Waals surface area (Å²) in [4.78, 5) is 21.0. The summed E-state index contributed by atoms with van der Waals surface area (Å²) in [7, 11) is 4.58. The van der Waals surface area contributed by atoms with Gasteiger partial charge in [0.05, 0.1) is 21.3 Å². The lowest BCUT2D eigenvalue weighted by Crippen LogP contribution is -2.23. The zero-order valence-electron chi connectivity index (χ0n) is 16.4. The van der Waals surface area contributed by atoms with E-state index in [1.807, 2.05) is 0 Å². The van der Waals surface area contributed by atoms with E-state index in [2.05, 4.69) is 20.6 Å². The highest BCUT2D eigenvalue weighted by Gasteiger charge is 2.17. The van der Waals surface area contributed by atoms with Crippen LogP contribution in [0.5, 0.6) is 17.2 Å². The third-order valence-electron chi connectivity index (χ3n) is 4.78. The van der Waals surface area contributed by atoms with Gasteiger partial charge in [0.25, 0.3) is 5.91 Å². The van der Waals surface area contributed by atoms with Crippen molar-refractivity contribution in [1.29, 1.82) is 0 Å². The normalized spacial score (nSPS) is 14.2. The first-order valence-electron chi connectivity index (χ1n) is 9.34. The van der Waals surface area contributed by atoms with Gasteiger partial charge in [-0.15, -0.1) is 0 Å². The van der Waals surface area contributed by atoms with Gasteiger partial charge in [0.1, 0.15) is 17.8 Å². The van der Waals surface area contributed by atoms with Crippen molar-refractivity contribution < 1.29 is 19.0 Å². The summed E-state index contributed by atoms with van der Waals surface area (Å²) in [5, 5.41) is 6.22. The lowest BCUT2D eigenvalue weighted by molar-refractivity contribution is 0.102. The topological polar surface area (TPSA) is 94.6 Å². The van der Waals surface area contributed by atoms with Gasteiger partial charge >= 0.3 is 0 Å². The number of amides is 1. The van der Waals surface area contributed by atoms with Crippen LogP contribution in [0, 0.1) is 0 Å². The number of aromatic nitrogens is 2.